The van der Waals surface area contributed by atoms with E-state index in [0.717, 1.165) is 54.4 Å². The van der Waals surface area contributed by atoms with Crippen molar-refractivity contribution >= 4 is 51.3 Å². The van der Waals surface area contributed by atoms with Crippen molar-refractivity contribution in [2.75, 3.05) is 29.9 Å². The van der Waals surface area contributed by atoms with Gasteiger partial charge >= 0.3 is 6.03 Å². The summed E-state index contributed by atoms with van der Waals surface area (Å²) in [4.78, 5) is 51.6. The number of tetrazole rings is 1. The predicted molar refractivity (Wildman–Crippen MR) is 246 cm³/mol. The number of fused-ring (bicyclic) bond motifs is 1. The highest BCUT2D eigenvalue weighted by Crippen LogP contribution is 2.26. The lowest BCUT2D eigenvalue weighted by atomic mass is 10.0. The smallest absolute Gasteiger partial charge is 0.323 e. The molecule has 0 spiro atoms. The molecule has 1 aliphatic carbocycles. The van der Waals surface area contributed by atoms with Gasteiger partial charge < -0.3 is 20.4 Å². The van der Waals surface area contributed by atoms with Crippen LogP contribution in [0.25, 0.3) is 22.2 Å². The topological polar surface area (TPSA) is 162 Å². The molecule has 5 aromatic rings. The first-order valence-corrected chi connectivity index (χ1v) is 21.9. The molecule has 0 saturated carbocycles. The number of aliphatic imine (C=N–C) groups is 1. The molecule has 0 bridgehead atoms. The van der Waals surface area contributed by atoms with Gasteiger partial charge in [0, 0.05) is 42.6 Å². The summed E-state index contributed by atoms with van der Waals surface area (Å²) in [6.07, 6.45) is 14.1. The number of nitriles is 1. The number of nitrogens with zero attached hydrogens (tertiary/aromatic N) is 8. The van der Waals surface area contributed by atoms with Gasteiger partial charge in [-0.25, -0.2) is 9.79 Å². The second-order valence-corrected chi connectivity index (χ2v) is 15.3. The van der Waals surface area contributed by atoms with Crippen molar-refractivity contribution in [1.82, 2.24) is 30.4 Å². The highest BCUT2D eigenvalue weighted by Gasteiger charge is 2.29. The van der Waals surface area contributed by atoms with Crippen molar-refractivity contribution in [1.29, 1.82) is 5.26 Å². The third kappa shape index (κ3) is 12.3. The van der Waals surface area contributed by atoms with Gasteiger partial charge in [-0.15, -0.1) is 10.2 Å². The highest BCUT2D eigenvalue weighted by atomic mass is 16.2. The molecule has 0 unspecified atom stereocenters. The molecule has 0 atom stereocenters. The molecule has 0 aliphatic heterocycles. The molecule has 4 aromatic carbocycles. The van der Waals surface area contributed by atoms with E-state index in [1.54, 1.807) is 29.2 Å². The van der Waals surface area contributed by atoms with Crippen LogP contribution in [0.15, 0.2) is 120 Å². The molecule has 13 heteroatoms. The number of anilines is 2. The van der Waals surface area contributed by atoms with Crippen LogP contribution in [0.4, 0.5) is 21.9 Å². The molecule has 0 fully saturated rings. The third-order valence-electron chi connectivity index (χ3n) is 10.9. The fourth-order valence-electron chi connectivity index (χ4n) is 7.44. The van der Waals surface area contributed by atoms with Crippen LogP contribution in [0.2, 0.25) is 0 Å². The molecular formula is C49H56N10O3. The van der Waals surface area contributed by atoms with Crippen molar-refractivity contribution in [2.24, 2.45) is 4.99 Å². The second kappa shape index (κ2) is 22.6. The van der Waals surface area contributed by atoms with Gasteiger partial charge in [-0.3, -0.25) is 9.59 Å². The molecule has 320 valence electrons. The average molecular weight is 833 g/mol. The quantitative estimate of drug-likeness (QED) is 0.0546. The number of hydrogen-bond acceptors (Lipinski definition) is 9. The van der Waals surface area contributed by atoms with Crippen LogP contribution in [0.5, 0.6) is 0 Å². The van der Waals surface area contributed by atoms with E-state index in [0.29, 0.717) is 47.1 Å². The van der Waals surface area contributed by atoms with Crippen LogP contribution >= 0.6 is 0 Å². The SMILES string of the molecule is CCCCCCCCCCCCN(C(=O)Cn1nnc(-c2ccc3ccccc3c2)n1)C1=CC(=O)C(NC(=O)Nc2ccc(C#N)cc2)=CC1=Nc1ccc(N(CC)CC)cc1. The van der Waals surface area contributed by atoms with Crippen LogP contribution in [-0.4, -0.2) is 68.2 Å². The minimum Gasteiger partial charge on any atom is -0.372 e. The number of aromatic nitrogens is 4. The van der Waals surface area contributed by atoms with E-state index < -0.39 is 11.8 Å². The van der Waals surface area contributed by atoms with Crippen molar-refractivity contribution in [3.05, 3.63) is 120 Å². The largest absolute Gasteiger partial charge is 0.372 e. The summed E-state index contributed by atoms with van der Waals surface area (Å²) in [7, 11) is 0. The maximum absolute atomic E-state index is 14.5. The Kier molecular flexibility index (Phi) is 16.3. The Hall–Kier alpha value is -6.94. The molecule has 6 rings (SSSR count). The number of carbonyl (C=O) groups is 3. The van der Waals surface area contributed by atoms with Gasteiger partial charge in [0.1, 0.15) is 6.54 Å². The monoisotopic (exact) mass is 832 g/mol. The van der Waals surface area contributed by atoms with E-state index >= 15 is 0 Å². The van der Waals surface area contributed by atoms with Crippen molar-refractivity contribution in [2.45, 2.75) is 91.5 Å². The summed E-state index contributed by atoms with van der Waals surface area (Å²) in [5, 5.41) is 29.8. The zero-order valence-electron chi connectivity index (χ0n) is 36.0. The highest BCUT2D eigenvalue weighted by molar-refractivity contribution is 6.24. The maximum atomic E-state index is 14.5. The van der Waals surface area contributed by atoms with Crippen molar-refractivity contribution in [3.63, 3.8) is 0 Å². The van der Waals surface area contributed by atoms with Gasteiger partial charge in [0.05, 0.1) is 34.4 Å². The van der Waals surface area contributed by atoms with Crippen molar-refractivity contribution < 1.29 is 14.4 Å². The maximum Gasteiger partial charge on any atom is 0.323 e. The van der Waals surface area contributed by atoms with Gasteiger partial charge in [0.25, 0.3) is 5.91 Å². The second-order valence-electron chi connectivity index (χ2n) is 15.3. The normalized spacial score (nSPS) is 13.1. The number of unbranched alkanes of at least 4 members (excludes halogenated alkanes) is 9. The van der Waals surface area contributed by atoms with Crippen LogP contribution in [0, 0.1) is 11.3 Å². The fourth-order valence-corrected chi connectivity index (χ4v) is 7.44. The van der Waals surface area contributed by atoms with E-state index in [-0.39, 0.29) is 18.1 Å². The zero-order chi connectivity index (χ0) is 43.7. The number of carbonyl (C=O) groups excluding carboxylic acids is 3. The summed E-state index contributed by atoms with van der Waals surface area (Å²) in [5.74, 6) is -0.440. The third-order valence-corrected chi connectivity index (χ3v) is 10.9. The van der Waals surface area contributed by atoms with Crippen LogP contribution in [-0.2, 0) is 16.1 Å². The van der Waals surface area contributed by atoms with Crippen LogP contribution in [0.1, 0.15) is 90.5 Å². The summed E-state index contributed by atoms with van der Waals surface area (Å²) in [6, 6.07) is 29.5. The standard InChI is InChI=1S/C49H56N10O3/c1-4-7-8-9-10-11-12-13-14-17-30-58(47(61)35-59-55-48(54-56-59)39-23-22-37-18-15-16-19-38(37)31-39)45-33-46(60)44(53-49(62)52-41-24-20-36(34-50)21-25-41)32-43(45)51-40-26-28-42(29-27-40)57(5-2)6-3/h15-16,18-29,31-33H,4-14,17,30,35H2,1-3H3,(H2,52,53,62). The minimum absolute atomic E-state index is 0.0114. The number of amides is 3. The van der Waals surface area contributed by atoms with Crippen molar-refractivity contribution in [3.8, 4) is 17.5 Å². The van der Waals surface area contributed by atoms with E-state index in [2.05, 4.69) is 57.8 Å². The lowest BCUT2D eigenvalue weighted by Crippen LogP contribution is -2.40. The Labute approximate surface area is 364 Å². The molecule has 0 radical (unpaired) electrons. The minimum atomic E-state index is -0.646. The summed E-state index contributed by atoms with van der Waals surface area (Å²) in [5.41, 5.74) is 3.97. The summed E-state index contributed by atoms with van der Waals surface area (Å²) < 4.78 is 0. The molecule has 1 heterocycles. The number of nitrogens with one attached hydrogen (secondary N) is 2. The Morgan fingerprint density at radius 1 is 0.774 bits per heavy atom. The molecule has 2 N–H and O–H groups in total. The Bertz CT molecular complexity index is 2440. The summed E-state index contributed by atoms with van der Waals surface area (Å²) in [6.45, 7) is 8.23. The first kappa shape index (κ1) is 44.6. The average Bonchev–Trinajstić information content (AvgIpc) is 3.76. The van der Waals surface area contributed by atoms with E-state index in [9.17, 15) is 14.4 Å². The fraction of sp³-hybridized carbons (Fsp3) is 0.347. The molecule has 1 aromatic heterocycles. The number of hydrogen-bond donors (Lipinski definition) is 2. The number of ketones is 1. The summed E-state index contributed by atoms with van der Waals surface area (Å²) >= 11 is 0. The van der Waals surface area contributed by atoms with Gasteiger partial charge in [0.2, 0.25) is 11.6 Å². The van der Waals surface area contributed by atoms with Crippen LogP contribution < -0.4 is 15.5 Å². The molecular weight excluding hydrogens is 777 g/mol. The molecule has 3 amide bonds. The molecule has 62 heavy (non-hydrogen) atoms. The molecule has 13 nitrogen and oxygen atoms in total. The van der Waals surface area contributed by atoms with Gasteiger partial charge in [-0.1, -0.05) is 101 Å². The van der Waals surface area contributed by atoms with E-state index in [4.69, 9.17) is 10.3 Å². The lowest BCUT2D eigenvalue weighted by Gasteiger charge is -2.28. The van der Waals surface area contributed by atoms with Gasteiger partial charge in [-0.05, 0) is 96.9 Å². The number of allylic oxidation sites excluding steroid dienone is 2. The predicted octanol–water partition coefficient (Wildman–Crippen LogP) is 9.91. The van der Waals surface area contributed by atoms with Gasteiger partial charge in [0.15, 0.2) is 0 Å². The van der Waals surface area contributed by atoms with Crippen LogP contribution in [0.3, 0.4) is 0 Å². The Morgan fingerprint density at radius 3 is 2.13 bits per heavy atom. The first-order valence-electron chi connectivity index (χ1n) is 21.9. The van der Waals surface area contributed by atoms with E-state index in [1.165, 1.54) is 55.5 Å². The Morgan fingerprint density at radius 2 is 1.45 bits per heavy atom. The lowest BCUT2D eigenvalue weighted by molar-refractivity contribution is -0.130. The molecule has 0 saturated heterocycles. The van der Waals surface area contributed by atoms with Gasteiger partial charge in [-0.2, -0.15) is 10.1 Å². The Balaban J connectivity index is 1.27. The molecule has 1 aliphatic rings. The zero-order valence-corrected chi connectivity index (χ0v) is 36.0. The van der Waals surface area contributed by atoms with E-state index in [1.807, 2.05) is 66.7 Å². The number of urea groups is 1. The number of benzene rings is 4. The number of rotatable bonds is 21. The first-order chi connectivity index (χ1) is 30.3.